The van der Waals surface area contributed by atoms with Gasteiger partial charge in [0.15, 0.2) is 5.25 Å². The zero-order valence-corrected chi connectivity index (χ0v) is 10.3. The van der Waals surface area contributed by atoms with Crippen molar-refractivity contribution >= 4 is 10.0 Å². The minimum absolute atomic E-state index is 0.329. The van der Waals surface area contributed by atoms with Crippen molar-refractivity contribution in [3.63, 3.8) is 0 Å². The van der Waals surface area contributed by atoms with E-state index in [0.717, 1.165) is 13.0 Å². The molecule has 0 aromatic rings. The molecule has 5 nitrogen and oxygen atoms in total. The van der Waals surface area contributed by atoms with E-state index in [1.54, 1.807) is 6.92 Å². The first kappa shape index (κ1) is 14.4. The Labute approximate surface area is 92.1 Å². The molecule has 0 aliphatic carbocycles. The summed E-state index contributed by atoms with van der Waals surface area (Å²) in [6, 6.07) is 1.82. The summed E-state index contributed by atoms with van der Waals surface area (Å²) in [7, 11) is -0.100. The fraction of sp³-hybridized carbons (Fsp3) is 0.889. The van der Waals surface area contributed by atoms with Gasteiger partial charge in [0, 0.05) is 13.6 Å². The van der Waals surface area contributed by atoms with Crippen molar-refractivity contribution in [2.75, 3.05) is 27.2 Å². The summed E-state index contributed by atoms with van der Waals surface area (Å²) in [6.45, 7) is 2.91. The molecule has 0 saturated heterocycles. The molecule has 6 heteroatoms. The number of sulfonamides is 1. The Morgan fingerprint density at radius 2 is 2.13 bits per heavy atom. The van der Waals surface area contributed by atoms with Gasteiger partial charge in [-0.15, -0.1) is 0 Å². The van der Waals surface area contributed by atoms with Crippen molar-refractivity contribution in [2.45, 2.75) is 25.0 Å². The summed E-state index contributed by atoms with van der Waals surface area (Å²) in [4.78, 5) is 0. The van der Waals surface area contributed by atoms with Crippen molar-refractivity contribution in [3.05, 3.63) is 0 Å². The molecule has 1 N–H and O–H groups in total. The second-order valence-corrected chi connectivity index (χ2v) is 5.57. The number of hydrogen-bond donors (Lipinski definition) is 1. The first-order valence-electron chi connectivity index (χ1n) is 5.00. The van der Waals surface area contributed by atoms with Crippen molar-refractivity contribution in [1.29, 1.82) is 5.26 Å². The summed E-state index contributed by atoms with van der Waals surface area (Å²) in [5, 5.41) is 10.7. The molecule has 0 saturated carbocycles. The summed E-state index contributed by atoms with van der Waals surface area (Å²) >= 11 is 0. The average molecular weight is 233 g/mol. The van der Waals surface area contributed by atoms with Crippen LogP contribution in [0.15, 0.2) is 0 Å². The molecule has 0 radical (unpaired) electrons. The van der Waals surface area contributed by atoms with Gasteiger partial charge in [0.25, 0.3) is 0 Å². The SMILES string of the molecule is CCC(C#N)S(=O)(=O)N(C)CCCNC. The summed E-state index contributed by atoms with van der Waals surface area (Å²) in [5.41, 5.74) is 0. The van der Waals surface area contributed by atoms with E-state index >= 15 is 0 Å². The van der Waals surface area contributed by atoms with Gasteiger partial charge in [-0.1, -0.05) is 6.92 Å². The second-order valence-electron chi connectivity index (χ2n) is 3.35. The molecule has 0 amide bonds. The zero-order valence-electron chi connectivity index (χ0n) is 9.52. The van der Waals surface area contributed by atoms with Crippen molar-refractivity contribution in [1.82, 2.24) is 9.62 Å². The highest BCUT2D eigenvalue weighted by atomic mass is 32.2. The molecular weight excluding hydrogens is 214 g/mol. The second kappa shape index (κ2) is 6.77. The maximum Gasteiger partial charge on any atom is 0.230 e. The molecule has 0 bridgehead atoms. The van der Waals surface area contributed by atoms with Crippen LogP contribution >= 0.6 is 0 Å². The Kier molecular flexibility index (Phi) is 6.48. The Hall–Kier alpha value is -0.640. The van der Waals surface area contributed by atoms with Crippen LogP contribution in [0.4, 0.5) is 0 Å². The fourth-order valence-corrected chi connectivity index (χ4v) is 2.56. The van der Waals surface area contributed by atoms with Gasteiger partial charge in [-0.2, -0.15) is 5.26 Å². The minimum atomic E-state index is -3.44. The van der Waals surface area contributed by atoms with E-state index in [1.807, 2.05) is 13.1 Å². The van der Waals surface area contributed by atoms with E-state index in [1.165, 1.54) is 11.4 Å². The van der Waals surface area contributed by atoms with Crippen LogP contribution in [0.2, 0.25) is 0 Å². The average Bonchev–Trinajstić information content (AvgIpc) is 2.19. The van der Waals surface area contributed by atoms with Gasteiger partial charge in [0.05, 0.1) is 6.07 Å². The zero-order chi connectivity index (χ0) is 11.9. The van der Waals surface area contributed by atoms with Gasteiger partial charge in [-0.25, -0.2) is 12.7 Å². The number of nitrogens with one attached hydrogen (secondary N) is 1. The Morgan fingerprint density at radius 3 is 2.53 bits per heavy atom. The number of hydrogen-bond acceptors (Lipinski definition) is 4. The van der Waals surface area contributed by atoms with Crippen LogP contribution < -0.4 is 5.32 Å². The van der Waals surface area contributed by atoms with Crippen LogP contribution in [0.5, 0.6) is 0 Å². The highest BCUT2D eigenvalue weighted by molar-refractivity contribution is 7.89. The van der Waals surface area contributed by atoms with E-state index in [0.29, 0.717) is 13.0 Å². The predicted molar refractivity (Wildman–Crippen MR) is 59.8 cm³/mol. The highest BCUT2D eigenvalue weighted by Crippen LogP contribution is 2.10. The van der Waals surface area contributed by atoms with Gasteiger partial charge in [-0.05, 0) is 26.4 Å². The lowest BCUT2D eigenvalue weighted by Crippen LogP contribution is -2.36. The molecule has 0 fully saturated rings. The van der Waals surface area contributed by atoms with Gasteiger partial charge in [-0.3, -0.25) is 0 Å². The predicted octanol–water partition coefficient (Wildman–Crippen LogP) is 0.160. The van der Waals surface area contributed by atoms with Crippen LogP contribution in [-0.4, -0.2) is 45.2 Å². The molecule has 0 aliphatic rings. The lowest BCUT2D eigenvalue weighted by Gasteiger charge is -2.19. The molecule has 88 valence electrons. The fourth-order valence-electron chi connectivity index (χ4n) is 1.19. The number of rotatable bonds is 7. The van der Waals surface area contributed by atoms with E-state index in [-0.39, 0.29) is 0 Å². The van der Waals surface area contributed by atoms with Crippen LogP contribution in [-0.2, 0) is 10.0 Å². The molecule has 0 aliphatic heterocycles. The summed E-state index contributed by atoms with van der Waals surface area (Å²) in [5.74, 6) is 0. The smallest absolute Gasteiger partial charge is 0.230 e. The van der Waals surface area contributed by atoms with Crippen molar-refractivity contribution < 1.29 is 8.42 Å². The third-order valence-electron chi connectivity index (χ3n) is 2.21. The van der Waals surface area contributed by atoms with E-state index in [9.17, 15) is 8.42 Å². The van der Waals surface area contributed by atoms with Gasteiger partial charge in [0.2, 0.25) is 10.0 Å². The molecule has 0 heterocycles. The quantitative estimate of drug-likeness (QED) is 0.636. The Bertz CT molecular complexity index is 308. The molecule has 0 aromatic carbocycles. The van der Waals surface area contributed by atoms with Crippen LogP contribution in [0.1, 0.15) is 19.8 Å². The number of nitrogens with zero attached hydrogens (tertiary/aromatic N) is 2. The summed E-state index contributed by atoms with van der Waals surface area (Å²) in [6.07, 6.45) is 1.07. The van der Waals surface area contributed by atoms with Gasteiger partial charge >= 0.3 is 0 Å². The van der Waals surface area contributed by atoms with Crippen LogP contribution in [0, 0.1) is 11.3 Å². The third kappa shape index (κ3) is 4.16. The highest BCUT2D eigenvalue weighted by Gasteiger charge is 2.27. The van der Waals surface area contributed by atoms with Crippen molar-refractivity contribution in [3.8, 4) is 6.07 Å². The lowest BCUT2D eigenvalue weighted by molar-refractivity contribution is 0.452. The van der Waals surface area contributed by atoms with Gasteiger partial charge < -0.3 is 5.32 Å². The molecule has 1 unspecified atom stereocenters. The molecule has 15 heavy (non-hydrogen) atoms. The summed E-state index contributed by atoms with van der Waals surface area (Å²) < 4.78 is 24.8. The van der Waals surface area contributed by atoms with E-state index in [4.69, 9.17) is 5.26 Å². The van der Waals surface area contributed by atoms with Gasteiger partial charge in [0.1, 0.15) is 0 Å². The first-order valence-corrected chi connectivity index (χ1v) is 6.50. The molecular formula is C9H19N3O2S. The largest absolute Gasteiger partial charge is 0.320 e. The third-order valence-corrected chi connectivity index (χ3v) is 4.42. The lowest BCUT2D eigenvalue weighted by atomic mass is 10.4. The minimum Gasteiger partial charge on any atom is -0.320 e. The Morgan fingerprint density at radius 1 is 1.53 bits per heavy atom. The van der Waals surface area contributed by atoms with Crippen LogP contribution in [0.25, 0.3) is 0 Å². The first-order chi connectivity index (χ1) is 7.00. The van der Waals surface area contributed by atoms with Crippen molar-refractivity contribution in [2.24, 2.45) is 0 Å². The van der Waals surface area contributed by atoms with E-state index < -0.39 is 15.3 Å². The van der Waals surface area contributed by atoms with E-state index in [2.05, 4.69) is 5.32 Å². The topological polar surface area (TPSA) is 73.2 Å². The maximum absolute atomic E-state index is 11.8. The Balaban J connectivity index is 4.39. The molecule has 0 aromatic heterocycles. The number of nitriles is 1. The maximum atomic E-state index is 11.8. The normalized spacial score (nSPS) is 13.8. The standard InChI is InChI=1S/C9H19N3O2S/c1-4-9(8-10)15(13,14)12(3)7-5-6-11-2/h9,11H,4-7H2,1-3H3. The molecule has 1 atom stereocenters. The molecule has 0 spiro atoms. The van der Waals surface area contributed by atoms with Crippen LogP contribution in [0.3, 0.4) is 0 Å². The molecule has 0 rings (SSSR count). The monoisotopic (exact) mass is 233 g/mol.